The highest BCUT2D eigenvalue weighted by Crippen LogP contribution is 2.39. The molecule has 1 N–H and O–H groups in total. The summed E-state index contributed by atoms with van der Waals surface area (Å²) in [6.07, 6.45) is 1.12. The van der Waals surface area contributed by atoms with Crippen LogP contribution in [0.15, 0.2) is 12.1 Å². The van der Waals surface area contributed by atoms with Gasteiger partial charge in [0.15, 0.2) is 0 Å². The molecule has 0 amide bonds. The Morgan fingerprint density at radius 1 is 1.37 bits per heavy atom. The van der Waals surface area contributed by atoms with Gasteiger partial charge >= 0.3 is 5.97 Å². The van der Waals surface area contributed by atoms with Crippen LogP contribution >= 0.6 is 0 Å². The first-order valence-corrected chi connectivity index (χ1v) is 10.5. The zero-order chi connectivity index (χ0) is 20.4. The van der Waals surface area contributed by atoms with Crippen molar-refractivity contribution in [2.75, 3.05) is 43.1 Å². The van der Waals surface area contributed by atoms with Crippen molar-refractivity contribution in [3.63, 3.8) is 0 Å². The van der Waals surface area contributed by atoms with Crippen LogP contribution < -0.4 is 9.21 Å². The van der Waals surface area contributed by atoms with Gasteiger partial charge in [0, 0.05) is 27.2 Å². The molecule has 2 atom stereocenters. The van der Waals surface area contributed by atoms with Crippen LogP contribution in [-0.4, -0.2) is 63.6 Å². The summed E-state index contributed by atoms with van der Waals surface area (Å²) < 4.78 is 31.2. The minimum atomic E-state index is -3.62. The highest BCUT2D eigenvalue weighted by atomic mass is 32.2. The molecule has 1 fully saturated rings. The van der Waals surface area contributed by atoms with Gasteiger partial charge in [0.25, 0.3) is 0 Å². The lowest BCUT2D eigenvalue weighted by molar-refractivity contribution is 0.0697. The van der Waals surface area contributed by atoms with Gasteiger partial charge in [-0.2, -0.15) is 0 Å². The summed E-state index contributed by atoms with van der Waals surface area (Å²) in [6.45, 7) is 7.08. The van der Waals surface area contributed by atoms with Crippen LogP contribution in [0.4, 0.5) is 11.6 Å². The Kier molecular flexibility index (Phi) is 6.69. The van der Waals surface area contributed by atoms with Crippen LogP contribution in [0.1, 0.15) is 37.6 Å². The average Bonchev–Trinajstić information content (AvgIpc) is 3.31. The predicted octanol–water partition coefficient (Wildman–Crippen LogP) is 2.06. The summed E-state index contributed by atoms with van der Waals surface area (Å²) in [4.78, 5) is 18.0. The maximum atomic E-state index is 12.5. The number of carboxylic acid groups (broad SMARTS) is 1. The number of carbonyl (C=O) groups is 1. The lowest BCUT2D eigenvalue weighted by atomic mass is 10.2. The molecule has 1 aliphatic rings. The number of rotatable bonds is 10. The van der Waals surface area contributed by atoms with E-state index < -0.39 is 21.2 Å². The molecule has 0 aliphatic heterocycles. The van der Waals surface area contributed by atoms with Gasteiger partial charge in [-0.05, 0) is 44.2 Å². The molecule has 1 aromatic heterocycles. The molecule has 0 saturated heterocycles. The van der Waals surface area contributed by atoms with E-state index in [1.54, 1.807) is 21.0 Å². The standard InChI is InChI=1S/C18H29N3O5S/c1-12(2)27(24,25)20(4)16-9-14(18(22)23)10-17(19-16)21(6-7-26-5)11-15-8-13(15)3/h9-10,12-13,15H,6-8,11H2,1-5H3,(H,22,23). The van der Waals surface area contributed by atoms with Gasteiger partial charge in [-0.3, -0.25) is 4.31 Å². The number of nitrogens with zero attached hydrogens (tertiary/aromatic N) is 3. The van der Waals surface area contributed by atoms with Crippen molar-refractivity contribution in [1.29, 1.82) is 0 Å². The van der Waals surface area contributed by atoms with E-state index in [-0.39, 0.29) is 11.4 Å². The molecule has 1 heterocycles. The van der Waals surface area contributed by atoms with Crippen molar-refractivity contribution in [3.05, 3.63) is 17.7 Å². The average molecular weight is 400 g/mol. The zero-order valence-corrected chi connectivity index (χ0v) is 17.4. The molecule has 0 radical (unpaired) electrons. The van der Waals surface area contributed by atoms with E-state index in [0.717, 1.165) is 17.3 Å². The monoisotopic (exact) mass is 399 g/mol. The van der Waals surface area contributed by atoms with Crippen molar-refractivity contribution >= 4 is 27.6 Å². The van der Waals surface area contributed by atoms with Gasteiger partial charge in [-0.15, -0.1) is 0 Å². The van der Waals surface area contributed by atoms with Gasteiger partial charge in [-0.1, -0.05) is 6.92 Å². The lowest BCUT2D eigenvalue weighted by Crippen LogP contribution is -2.35. The number of sulfonamides is 1. The number of aromatic nitrogens is 1. The van der Waals surface area contributed by atoms with Crippen LogP contribution in [0.5, 0.6) is 0 Å². The SMILES string of the molecule is COCCN(CC1CC1C)c1cc(C(=O)O)cc(N(C)S(=O)(=O)C(C)C)n1. The molecule has 0 spiro atoms. The van der Waals surface area contributed by atoms with E-state index in [2.05, 4.69) is 11.9 Å². The first-order chi connectivity index (χ1) is 12.6. The first kappa shape index (κ1) is 21.4. The highest BCUT2D eigenvalue weighted by molar-refractivity contribution is 7.93. The molecular weight excluding hydrogens is 370 g/mol. The fourth-order valence-corrected chi connectivity index (χ4v) is 3.82. The van der Waals surface area contributed by atoms with Gasteiger partial charge in [0.2, 0.25) is 10.0 Å². The second kappa shape index (κ2) is 8.43. The minimum absolute atomic E-state index is 0.00654. The van der Waals surface area contributed by atoms with Crippen LogP contribution in [0.3, 0.4) is 0 Å². The maximum Gasteiger partial charge on any atom is 0.335 e. The van der Waals surface area contributed by atoms with Crippen molar-refractivity contribution < 1.29 is 23.1 Å². The third kappa shape index (κ3) is 5.10. The Balaban J connectivity index is 2.44. The molecule has 1 aliphatic carbocycles. The summed E-state index contributed by atoms with van der Waals surface area (Å²) >= 11 is 0. The molecule has 0 bridgehead atoms. The minimum Gasteiger partial charge on any atom is -0.478 e. The number of carboxylic acids is 1. The second-order valence-electron chi connectivity index (χ2n) is 7.35. The van der Waals surface area contributed by atoms with E-state index >= 15 is 0 Å². The summed E-state index contributed by atoms with van der Waals surface area (Å²) in [6, 6.07) is 2.78. The topological polar surface area (TPSA) is 100 Å². The zero-order valence-electron chi connectivity index (χ0n) is 16.5. The lowest BCUT2D eigenvalue weighted by Gasteiger charge is -2.27. The fraction of sp³-hybridized carbons (Fsp3) is 0.667. The second-order valence-corrected chi connectivity index (χ2v) is 9.87. The van der Waals surface area contributed by atoms with Crippen LogP contribution in [0, 0.1) is 11.8 Å². The molecule has 2 unspecified atom stereocenters. The van der Waals surface area contributed by atoms with Crippen molar-refractivity contribution in [3.8, 4) is 0 Å². The number of hydrogen-bond acceptors (Lipinski definition) is 6. The number of pyridine rings is 1. The largest absolute Gasteiger partial charge is 0.478 e. The molecule has 27 heavy (non-hydrogen) atoms. The molecule has 1 aromatic rings. The smallest absolute Gasteiger partial charge is 0.335 e. The number of methoxy groups -OCH3 is 1. The summed E-state index contributed by atoms with van der Waals surface area (Å²) in [7, 11) is -0.614. The Morgan fingerprint density at radius 2 is 1.96 bits per heavy atom. The molecule has 0 aromatic carbocycles. The molecule has 152 valence electrons. The van der Waals surface area contributed by atoms with E-state index in [1.807, 2.05) is 4.90 Å². The van der Waals surface area contributed by atoms with Gasteiger partial charge in [0.1, 0.15) is 11.6 Å². The Labute approximate surface area is 161 Å². The quantitative estimate of drug-likeness (QED) is 0.643. The fourth-order valence-electron chi connectivity index (χ4n) is 2.83. The Hall–Kier alpha value is -1.87. The third-order valence-corrected chi connectivity index (χ3v) is 7.11. The van der Waals surface area contributed by atoms with E-state index in [9.17, 15) is 18.3 Å². The third-order valence-electron chi connectivity index (χ3n) is 4.97. The highest BCUT2D eigenvalue weighted by Gasteiger charge is 2.34. The number of aromatic carboxylic acids is 1. The molecule has 8 nitrogen and oxygen atoms in total. The van der Waals surface area contributed by atoms with Crippen molar-refractivity contribution in [2.45, 2.75) is 32.4 Å². The van der Waals surface area contributed by atoms with E-state index in [1.165, 1.54) is 19.2 Å². The Morgan fingerprint density at radius 3 is 2.44 bits per heavy atom. The van der Waals surface area contributed by atoms with Crippen LogP contribution in [-0.2, 0) is 14.8 Å². The Bertz CT molecular complexity index is 781. The molecule has 1 saturated carbocycles. The van der Waals surface area contributed by atoms with Gasteiger partial charge in [0.05, 0.1) is 17.4 Å². The van der Waals surface area contributed by atoms with E-state index in [4.69, 9.17) is 4.74 Å². The summed E-state index contributed by atoms with van der Waals surface area (Å²) in [5, 5.41) is 8.84. The number of hydrogen-bond donors (Lipinski definition) is 1. The first-order valence-electron chi connectivity index (χ1n) is 9.05. The molecule has 2 rings (SSSR count). The number of ether oxygens (including phenoxy) is 1. The summed E-state index contributed by atoms with van der Waals surface area (Å²) in [5.74, 6) is 0.581. The van der Waals surface area contributed by atoms with Crippen LogP contribution in [0.2, 0.25) is 0 Å². The van der Waals surface area contributed by atoms with Gasteiger partial charge < -0.3 is 14.7 Å². The van der Waals surface area contributed by atoms with Crippen molar-refractivity contribution in [2.24, 2.45) is 11.8 Å². The normalized spacial score (nSPS) is 19.2. The number of anilines is 2. The maximum absolute atomic E-state index is 12.5. The predicted molar refractivity (Wildman–Crippen MR) is 105 cm³/mol. The van der Waals surface area contributed by atoms with Gasteiger partial charge in [-0.25, -0.2) is 18.2 Å². The molecule has 9 heteroatoms. The van der Waals surface area contributed by atoms with Crippen molar-refractivity contribution in [1.82, 2.24) is 4.98 Å². The van der Waals surface area contributed by atoms with Crippen LogP contribution in [0.25, 0.3) is 0 Å². The van der Waals surface area contributed by atoms with E-state index in [0.29, 0.717) is 30.8 Å². The molecular formula is C18H29N3O5S. The summed E-state index contributed by atoms with van der Waals surface area (Å²) in [5.41, 5.74) is 0.00654.